The first kappa shape index (κ1) is 16.5. The number of anilines is 1. The Morgan fingerprint density at radius 2 is 1.93 bits per heavy atom. The van der Waals surface area contributed by atoms with E-state index in [1.165, 1.54) is 37.3 Å². The SMILES string of the molecule is c1cc(N2CCC[C@@H](c3nnc4n3CCCCC4)C2)nc(-n2ccnc2)c1. The Kier molecular flexibility index (Phi) is 4.35. The third kappa shape index (κ3) is 3.22. The average molecular weight is 363 g/mol. The van der Waals surface area contributed by atoms with Crippen molar-refractivity contribution in [2.75, 3.05) is 18.0 Å². The van der Waals surface area contributed by atoms with Crippen LogP contribution in [0.3, 0.4) is 0 Å². The monoisotopic (exact) mass is 363 g/mol. The number of nitrogens with zero attached hydrogens (tertiary/aromatic N) is 7. The first-order chi connectivity index (χ1) is 13.4. The van der Waals surface area contributed by atoms with Crippen LogP contribution in [-0.4, -0.2) is 42.4 Å². The lowest BCUT2D eigenvalue weighted by Crippen LogP contribution is -2.36. The summed E-state index contributed by atoms with van der Waals surface area (Å²) in [5, 5.41) is 9.11. The Morgan fingerprint density at radius 1 is 0.963 bits per heavy atom. The summed E-state index contributed by atoms with van der Waals surface area (Å²) >= 11 is 0. The minimum Gasteiger partial charge on any atom is -0.356 e. The summed E-state index contributed by atoms with van der Waals surface area (Å²) < 4.78 is 4.35. The van der Waals surface area contributed by atoms with Gasteiger partial charge in [0.2, 0.25) is 0 Å². The van der Waals surface area contributed by atoms with Crippen molar-refractivity contribution in [2.45, 2.75) is 51.0 Å². The highest BCUT2D eigenvalue weighted by Crippen LogP contribution is 2.30. The molecule has 0 aliphatic carbocycles. The van der Waals surface area contributed by atoms with Crippen molar-refractivity contribution in [1.82, 2.24) is 29.3 Å². The van der Waals surface area contributed by atoms with E-state index in [0.29, 0.717) is 5.92 Å². The molecule has 5 rings (SSSR count). The van der Waals surface area contributed by atoms with Crippen molar-refractivity contribution < 1.29 is 0 Å². The molecule has 27 heavy (non-hydrogen) atoms. The van der Waals surface area contributed by atoms with E-state index in [2.05, 4.69) is 36.8 Å². The van der Waals surface area contributed by atoms with Gasteiger partial charge in [-0.15, -0.1) is 10.2 Å². The highest BCUT2D eigenvalue weighted by Gasteiger charge is 2.28. The van der Waals surface area contributed by atoms with Crippen LogP contribution in [0.25, 0.3) is 5.82 Å². The van der Waals surface area contributed by atoms with Crippen LogP contribution in [0, 0.1) is 0 Å². The molecule has 0 bridgehead atoms. The van der Waals surface area contributed by atoms with Crippen LogP contribution in [0.4, 0.5) is 5.82 Å². The molecule has 0 N–H and O–H groups in total. The summed E-state index contributed by atoms with van der Waals surface area (Å²) in [5.41, 5.74) is 0. The van der Waals surface area contributed by atoms with Gasteiger partial charge in [-0.3, -0.25) is 4.57 Å². The lowest BCUT2D eigenvalue weighted by Gasteiger charge is -2.33. The van der Waals surface area contributed by atoms with Gasteiger partial charge in [-0.25, -0.2) is 9.97 Å². The van der Waals surface area contributed by atoms with E-state index < -0.39 is 0 Å². The number of rotatable bonds is 3. The van der Waals surface area contributed by atoms with Crippen LogP contribution in [0.1, 0.15) is 49.7 Å². The van der Waals surface area contributed by atoms with E-state index in [4.69, 9.17) is 4.98 Å². The van der Waals surface area contributed by atoms with Crippen LogP contribution in [-0.2, 0) is 13.0 Å². The average Bonchev–Trinajstić information content (AvgIpc) is 3.34. The van der Waals surface area contributed by atoms with Crippen LogP contribution >= 0.6 is 0 Å². The summed E-state index contributed by atoms with van der Waals surface area (Å²) in [6.07, 6.45) is 12.7. The highest BCUT2D eigenvalue weighted by atomic mass is 15.3. The van der Waals surface area contributed by atoms with Crippen molar-refractivity contribution in [3.05, 3.63) is 48.6 Å². The molecule has 7 nitrogen and oxygen atoms in total. The number of aromatic nitrogens is 6. The quantitative estimate of drug-likeness (QED) is 0.716. The van der Waals surface area contributed by atoms with Gasteiger partial charge in [-0.05, 0) is 37.8 Å². The second-order valence-electron chi connectivity index (χ2n) is 7.55. The highest BCUT2D eigenvalue weighted by molar-refractivity contribution is 5.43. The fourth-order valence-electron chi connectivity index (χ4n) is 4.33. The molecule has 0 radical (unpaired) electrons. The molecule has 2 aliphatic heterocycles. The number of hydrogen-bond donors (Lipinski definition) is 0. The molecule has 0 unspecified atom stereocenters. The van der Waals surface area contributed by atoms with Gasteiger partial charge < -0.3 is 9.47 Å². The number of hydrogen-bond acceptors (Lipinski definition) is 5. The summed E-state index contributed by atoms with van der Waals surface area (Å²) in [4.78, 5) is 11.4. The van der Waals surface area contributed by atoms with Crippen molar-refractivity contribution >= 4 is 5.82 Å². The lowest BCUT2D eigenvalue weighted by molar-refractivity contribution is 0.464. The molecule has 1 fully saturated rings. The lowest BCUT2D eigenvalue weighted by atomic mass is 9.97. The maximum atomic E-state index is 4.86. The van der Waals surface area contributed by atoms with E-state index >= 15 is 0 Å². The second-order valence-corrected chi connectivity index (χ2v) is 7.55. The third-order valence-electron chi connectivity index (χ3n) is 5.74. The number of aryl methyl sites for hydroxylation is 1. The van der Waals surface area contributed by atoms with Crippen molar-refractivity contribution in [1.29, 1.82) is 0 Å². The Morgan fingerprint density at radius 3 is 2.85 bits per heavy atom. The molecule has 0 aromatic carbocycles. The normalized spacial score (nSPS) is 20.3. The fraction of sp³-hybridized carbons (Fsp3) is 0.500. The number of piperidine rings is 1. The first-order valence-corrected chi connectivity index (χ1v) is 10.0. The largest absolute Gasteiger partial charge is 0.356 e. The van der Waals surface area contributed by atoms with Crippen LogP contribution in [0.15, 0.2) is 36.9 Å². The van der Waals surface area contributed by atoms with Crippen LogP contribution < -0.4 is 4.90 Å². The van der Waals surface area contributed by atoms with Crippen molar-refractivity contribution in [2.24, 2.45) is 0 Å². The number of fused-ring (bicyclic) bond motifs is 1. The molecule has 3 aromatic rings. The molecule has 2 aliphatic rings. The Bertz CT molecular complexity index is 899. The molecular formula is C20H25N7. The summed E-state index contributed by atoms with van der Waals surface area (Å²) in [6.45, 7) is 3.07. The fourth-order valence-corrected chi connectivity index (χ4v) is 4.33. The van der Waals surface area contributed by atoms with Gasteiger partial charge >= 0.3 is 0 Å². The molecule has 140 valence electrons. The Hall–Kier alpha value is -2.70. The standard InChI is InChI=1S/C20H25N7/c1-2-7-19-23-24-20(27(19)12-3-1)16-6-5-11-25(14-16)17-8-4-9-18(22-17)26-13-10-21-15-26/h4,8-10,13,15-16H,1-3,5-7,11-12,14H2/t16-/m1/s1. The molecular weight excluding hydrogens is 338 g/mol. The van der Waals surface area contributed by atoms with Gasteiger partial charge in [0.05, 0.1) is 0 Å². The first-order valence-electron chi connectivity index (χ1n) is 10.0. The van der Waals surface area contributed by atoms with Crippen molar-refractivity contribution in [3.63, 3.8) is 0 Å². The molecule has 3 aromatic heterocycles. The van der Waals surface area contributed by atoms with Gasteiger partial charge in [-0.1, -0.05) is 12.5 Å². The van der Waals surface area contributed by atoms with Gasteiger partial charge in [0.25, 0.3) is 0 Å². The Labute approximate surface area is 159 Å². The minimum atomic E-state index is 0.428. The molecule has 1 atom stereocenters. The predicted octanol–water partition coefficient (Wildman–Crippen LogP) is 2.97. The van der Waals surface area contributed by atoms with Gasteiger partial charge in [0.1, 0.15) is 29.6 Å². The zero-order chi connectivity index (χ0) is 18.1. The third-order valence-corrected chi connectivity index (χ3v) is 5.74. The number of pyridine rings is 1. The molecule has 0 spiro atoms. The maximum Gasteiger partial charge on any atom is 0.140 e. The topological polar surface area (TPSA) is 64.7 Å². The summed E-state index contributed by atoms with van der Waals surface area (Å²) in [5.74, 6) is 4.73. The summed E-state index contributed by atoms with van der Waals surface area (Å²) in [7, 11) is 0. The maximum absolute atomic E-state index is 4.86. The Balaban J connectivity index is 1.39. The van der Waals surface area contributed by atoms with Crippen LogP contribution in [0.2, 0.25) is 0 Å². The second kappa shape index (κ2) is 7.13. The smallest absolute Gasteiger partial charge is 0.140 e. The molecule has 7 heteroatoms. The van der Waals surface area contributed by atoms with E-state index in [1.807, 2.05) is 16.8 Å². The minimum absolute atomic E-state index is 0.428. The van der Waals surface area contributed by atoms with E-state index in [0.717, 1.165) is 44.1 Å². The van der Waals surface area contributed by atoms with Crippen LogP contribution in [0.5, 0.6) is 0 Å². The molecule has 0 amide bonds. The molecule has 1 saturated heterocycles. The zero-order valence-electron chi connectivity index (χ0n) is 15.5. The van der Waals surface area contributed by atoms with E-state index in [9.17, 15) is 0 Å². The van der Waals surface area contributed by atoms with Gasteiger partial charge in [0, 0.05) is 44.4 Å². The van der Waals surface area contributed by atoms with Gasteiger partial charge in [-0.2, -0.15) is 0 Å². The molecule has 0 saturated carbocycles. The van der Waals surface area contributed by atoms with Gasteiger partial charge in [0.15, 0.2) is 0 Å². The number of imidazole rings is 1. The predicted molar refractivity (Wildman–Crippen MR) is 103 cm³/mol. The molecule has 5 heterocycles. The summed E-state index contributed by atoms with van der Waals surface area (Å²) in [6, 6.07) is 6.20. The van der Waals surface area contributed by atoms with E-state index in [1.54, 1.807) is 12.5 Å². The van der Waals surface area contributed by atoms with Crippen molar-refractivity contribution in [3.8, 4) is 5.82 Å². The zero-order valence-corrected chi connectivity index (χ0v) is 15.5. The van der Waals surface area contributed by atoms with E-state index in [-0.39, 0.29) is 0 Å².